The fraction of sp³-hybridized carbons (Fsp3) is 0.208. The second kappa shape index (κ2) is 11.7. The first-order valence-corrected chi connectivity index (χ1v) is 10.2. The average molecular weight is 475 g/mol. The van der Waals surface area contributed by atoms with E-state index in [-0.39, 0.29) is 36.7 Å². The maximum Gasteiger partial charge on any atom is 1.00 e. The van der Waals surface area contributed by atoms with Crippen molar-refractivity contribution in [3.05, 3.63) is 81.8 Å². The standard InChI is InChI=1S/C24H25N3O6.Na.H/c1-14-6-4-7-15(2)22(14)33-17-9-5-8-16(12-17)18(13-20(29)30)25-24(32)26-21-19(28)10-11-27(3)23(21)31;;/h4-12,18,28H,13H2,1-3H3,(H,29,30)(H2,25,26,32);;/q;+1;-1/t18-;;/m0../s1. The van der Waals surface area contributed by atoms with Gasteiger partial charge in [-0.3, -0.25) is 9.59 Å². The Bertz CT molecular complexity index is 1240. The summed E-state index contributed by atoms with van der Waals surface area (Å²) >= 11 is 0. The summed E-state index contributed by atoms with van der Waals surface area (Å²) in [5.41, 5.74) is 1.48. The Hall–Kier alpha value is -3.27. The van der Waals surface area contributed by atoms with Crippen LogP contribution >= 0.6 is 0 Å². The molecule has 0 spiro atoms. The molecular weight excluding hydrogens is 449 g/mol. The van der Waals surface area contributed by atoms with Gasteiger partial charge in [0.25, 0.3) is 5.56 Å². The SMILES string of the molecule is Cc1cccc(C)c1Oc1cccc([C@H](CC(=O)O)NC(=O)Nc2c(O)ccn(C)c2=O)c1.[H-].[Na+]. The number of anilines is 1. The topological polar surface area (TPSA) is 130 Å². The van der Waals surface area contributed by atoms with Crippen molar-refractivity contribution in [1.82, 2.24) is 9.88 Å². The zero-order valence-corrected chi connectivity index (χ0v) is 21.5. The zero-order valence-electron chi connectivity index (χ0n) is 20.5. The van der Waals surface area contributed by atoms with Gasteiger partial charge in [-0.15, -0.1) is 0 Å². The van der Waals surface area contributed by atoms with Gasteiger partial charge in [-0.1, -0.05) is 30.3 Å². The fourth-order valence-electron chi connectivity index (χ4n) is 3.34. The maximum absolute atomic E-state index is 12.6. The zero-order chi connectivity index (χ0) is 24.1. The van der Waals surface area contributed by atoms with Crippen molar-refractivity contribution < 1.29 is 55.5 Å². The van der Waals surface area contributed by atoms with E-state index in [0.29, 0.717) is 17.1 Å². The van der Waals surface area contributed by atoms with E-state index in [1.807, 2.05) is 32.0 Å². The molecule has 1 heterocycles. The maximum atomic E-state index is 12.6. The third-order valence-corrected chi connectivity index (χ3v) is 5.06. The van der Waals surface area contributed by atoms with Crippen LogP contribution in [-0.4, -0.2) is 26.8 Å². The molecule has 0 aliphatic carbocycles. The Kier molecular flexibility index (Phi) is 9.31. The summed E-state index contributed by atoms with van der Waals surface area (Å²) < 4.78 is 7.22. The number of urea groups is 1. The van der Waals surface area contributed by atoms with Crippen molar-refractivity contribution in [2.24, 2.45) is 7.05 Å². The van der Waals surface area contributed by atoms with Crippen molar-refractivity contribution in [3.8, 4) is 17.2 Å². The predicted octanol–water partition coefficient (Wildman–Crippen LogP) is 0.954. The number of aryl methyl sites for hydroxylation is 3. The number of nitrogens with one attached hydrogen (secondary N) is 2. The number of carbonyl (C=O) groups excluding carboxylic acids is 1. The molecule has 10 heteroatoms. The first-order chi connectivity index (χ1) is 15.7. The minimum absolute atomic E-state index is 0. The summed E-state index contributed by atoms with van der Waals surface area (Å²) in [6, 6.07) is 12.0. The number of amides is 2. The predicted molar refractivity (Wildman–Crippen MR) is 124 cm³/mol. The summed E-state index contributed by atoms with van der Waals surface area (Å²) in [6.45, 7) is 3.85. The van der Waals surface area contributed by atoms with E-state index in [2.05, 4.69) is 10.6 Å². The monoisotopic (exact) mass is 475 g/mol. The van der Waals surface area contributed by atoms with Crippen LogP contribution in [0.15, 0.2) is 59.5 Å². The van der Waals surface area contributed by atoms with Crippen LogP contribution in [0.1, 0.15) is 30.6 Å². The van der Waals surface area contributed by atoms with E-state index in [4.69, 9.17) is 4.74 Å². The molecule has 9 nitrogen and oxygen atoms in total. The summed E-state index contributed by atoms with van der Waals surface area (Å²) in [6.07, 6.45) is 0.953. The van der Waals surface area contributed by atoms with Gasteiger partial charge in [0.05, 0.1) is 12.5 Å². The van der Waals surface area contributed by atoms with Crippen LogP contribution in [0.4, 0.5) is 10.5 Å². The molecule has 0 radical (unpaired) electrons. The number of pyridine rings is 1. The van der Waals surface area contributed by atoms with Crippen LogP contribution in [0.3, 0.4) is 0 Å². The number of aromatic hydroxyl groups is 1. The number of para-hydroxylation sites is 1. The second-order valence-corrected chi connectivity index (χ2v) is 7.64. The molecule has 1 aromatic heterocycles. The first-order valence-electron chi connectivity index (χ1n) is 10.2. The van der Waals surface area contributed by atoms with Gasteiger partial charge in [-0.25, -0.2) is 4.79 Å². The largest absolute Gasteiger partial charge is 1.00 e. The molecule has 0 aliphatic rings. The van der Waals surface area contributed by atoms with Crippen molar-refractivity contribution in [1.29, 1.82) is 0 Å². The fourth-order valence-corrected chi connectivity index (χ4v) is 3.34. The Morgan fingerprint density at radius 1 is 1.12 bits per heavy atom. The van der Waals surface area contributed by atoms with Crippen LogP contribution in [0.5, 0.6) is 17.2 Å². The van der Waals surface area contributed by atoms with Crippen LogP contribution in [0, 0.1) is 13.8 Å². The number of nitrogens with zero attached hydrogens (tertiary/aromatic N) is 1. The molecule has 0 unspecified atom stereocenters. The van der Waals surface area contributed by atoms with Gasteiger partial charge in [0, 0.05) is 13.2 Å². The second-order valence-electron chi connectivity index (χ2n) is 7.64. The molecule has 1 atom stereocenters. The van der Waals surface area contributed by atoms with E-state index in [0.717, 1.165) is 11.1 Å². The van der Waals surface area contributed by atoms with Crippen molar-refractivity contribution >= 4 is 17.7 Å². The molecular formula is C24H26N3NaO6. The first kappa shape index (κ1) is 27.0. The van der Waals surface area contributed by atoms with Crippen molar-refractivity contribution in [2.75, 3.05) is 5.32 Å². The van der Waals surface area contributed by atoms with E-state index < -0.39 is 35.8 Å². The number of aromatic nitrogens is 1. The van der Waals surface area contributed by atoms with Crippen LogP contribution in [0.2, 0.25) is 0 Å². The van der Waals surface area contributed by atoms with Gasteiger partial charge in [0.2, 0.25) is 0 Å². The molecule has 3 rings (SSSR count). The molecule has 0 fully saturated rings. The number of carbonyl (C=O) groups is 2. The number of rotatable bonds is 7. The summed E-state index contributed by atoms with van der Waals surface area (Å²) in [4.78, 5) is 36.2. The van der Waals surface area contributed by atoms with E-state index in [1.54, 1.807) is 24.3 Å². The quantitative estimate of drug-likeness (QED) is 0.377. The smallest absolute Gasteiger partial charge is 1.00 e. The van der Waals surface area contributed by atoms with Crippen molar-refractivity contribution in [2.45, 2.75) is 26.3 Å². The van der Waals surface area contributed by atoms with Gasteiger partial charge in [0.1, 0.15) is 17.2 Å². The minimum Gasteiger partial charge on any atom is -1.00 e. The van der Waals surface area contributed by atoms with Crippen LogP contribution in [0.25, 0.3) is 0 Å². The molecule has 174 valence electrons. The third kappa shape index (κ3) is 6.63. The van der Waals surface area contributed by atoms with Gasteiger partial charge in [0.15, 0.2) is 5.69 Å². The molecule has 0 saturated heterocycles. The van der Waals surface area contributed by atoms with E-state index in [9.17, 15) is 24.6 Å². The van der Waals surface area contributed by atoms with Crippen LogP contribution in [-0.2, 0) is 11.8 Å². The molecule has 4 N–H and O–H groups in total. The third-order valence-electron chi connectivity index (χ3n) is 5.06. The van der Waals surface area contributed by atoms with Gasteiger partial charge >= 0.3 is 41.6 Å². The number of carboxylic acids is 1. The van der Waals surface area contributed by atoms with Gasteiger partial charge in [-0.05, 0) is 48.7 Å². The minimum atomic E-state index is -1.13. The number of ether oxygens (including phenoxy) is 1. The number of hydrogen-bond donors (Lipinski definition) is 4. The number of benzene rings is 2. The molecule has 2 aromatic carbocycles. The Labute approximate surface area is 220 Å². The van der Waals surface area contributed by atoms with Crippen LogP contribution < -0.4 is 50.5 Å². The van der Waals surface area contributed by atoms with E-state index >= 15 is 0 Å². The normalized spacial score (nSPS) is 11.1. The number of aliphatic carboxylic acids is 1. The Balaban J connectivity index is 0.00000306. The molecule has 0 aliphatic heterocycles. The average Bonchev–Trinajstić information content (AvgIpc) is 2.76. The number of carboxylic acid groups (broad SMARTS) is 1. The molecule has 3 aromatic rings. The summed E-state index contributed by atoms with van der Waals surface area (Å²) in [5.74, 6) is -0.338. The summed E-state index contributed by atoms with van der Waals surface area (Å²) in [5, 5.41) is 24.1. The Morgan fingerprint density at radius 2 is 1.76 bits per heavy atom. The molecule has 0 saturated carbocycles. The van der Waals surface area contributed by atoms with Crippen molar-refractivity contribution in [3.63, 3.8) is 0 Å². The Morgan fingerprint density at radius 3 is 2.41 bits per heavy atom. The number of hydrogen-bond acceptors (Lipinski definition) is 5. The molecule has 2 amide bonds. The van der Waals surface area contributed by atoms with Gasteiger partial charge < -0.3 is 31.6 Å². The summed E-state index contributed by atoms with van der Waals surface area (Å²) in [7, 11) is 1.47. The van der Waals surface area contributed by atoms with Gasteiger partial charge in [-0.2, -0.15) is 0 Å². The van der Waals surface area contributed by atoms with E-state index in [1.165, 1.54) is 23.9 Å². The molecule has 34 heavy (non-hydrogen) atoms. The molecule has 0 bridgehead atoms.